The first kappa shape index (κ1) is 18.5. The number of hydrogen-bond donors (Lipinski definition) is 2. The van der Waals surface area contributed by atoms with Gasteiger partial charge in [-0.3, -0.25) is 0 Å². The quantitative estimate of drug-likeness (QED) is 0.575. The average Bonchev–Trinajstić information content (AvgIpc) is 3.09. The van der Waals surface area contributed by atoms with Crippen molar-refractivity contribution in [1.29, 1.82) is 5.39 Å². The normalized spacial score (nSPS) is 13.6. The van der Waals surface area contributed by atoms with Crippen molar-refractivity contribution in [2.75, 3.05) is 6.61 Å². The SMILES string of the molecule is CCO/C(O)=C(\[N+]#N)C(NS(=O)(=O)c1ccc(C)cc1)c1ccco1. The third kappa shape index (κ3) is 4.37. The minimum atomic E-state index is -3.99. The second-order valence-electron chi connectivity index (χ2n) is 5.11. The van der Waals surface area contributed by atoms with Crippen molar-refractivity contribution >= 4 is 10.0 Å². The Bertz CT molecular complexity index is 881. The van der Waals surface area contributed by atoms with Crippen molar-refractivity contribution in [3.05, 3.63) is 70.6 Å². The van der Waals surface area contributed by atoms with Crippen LogP contribution < -0.4 is 4.72 Å². The van der Waals surface area contributed by atoms with E-state index in [0.717, 1.165) is 5.56 Å². The second-order valence-corrected chi connectivity index (χ2v) is 6.82. The van der Waals surface area contributed by atoms with Gasteiger partial charge < -0.3 is 14.3 Å². The summed E-state index contributed by atoms with van der Waals surface area (Å²) in [5, 5.41) is 19.2. The fourth-order valence-electron chi connectivity index (χ4n) is 2.08. The predicted molar refractivity (Wildman–Crippen MR) is 89.3 cm³/mol. The summed E-state index contributed by atoms with van der Waals surface area (Å²) in [5.74, 6) is -0.590. The van der Waals surface area contributed by atoms with Gasteiger partial charge in [0.15, 0.2) is 11.0 Å². The Morgan fingerprint density at radius 3 is 2.56 bits per heavy atom. The van der Waals surface area contributed by atoms with Crippen LogP contribution in [-0.4, -0.2) is 20.1 Å². The zero-order valence-corrected chi connectivity index (χ0v) is 14.5. The van der Waals surface area contributed by atoms with Crippen LogP contribution in [0, 0.1) is 12.3 Å². The van der Waals surface area contributed by atoms with Crippen LogP contribution in [0.25, 0.3) is 4.98 Å². The Morgan fingerprint density at radius 1 is 1.36 bits per heavy atom. The first-order valence-corrected chi connectivity index (χ1v) is 8.90. The van der Waals surface area contributed by atoms with E-state index in [4.69, 9.17) is 9.15 Å². The van der Waals surface area contributed by atoms with Crippen LogP contribution in [0.1, 0.15) is 24.3 Å². The van der Waals surface area contributed by atoms with E-state index in [1.54, 1.807) is 19.1 Å². The van der Waals surface area contributed by atoms with Crippen molar-refractivity contribution in [1.82, 2.24) is 4.72 Å². The summed E-state index contributed by atoms with van der Waals surface area (Å²) in [6, 6.07) is 7.93. The van der Waals surface area contributed by atoms with E-state index < -0.39 is 27.7 Å². The lowest BCUT2D eigenvalue weighted by Crippen LogP contribution is -2.30. The lowest BCUT2D eigenvalue weighted by Gasteiger charge is -2.12. The minimum absolute atomic E-state index is 0.0165. The highest BCUT2D eigenvalue weighted by Gasteiger charge is 2.39. The molecule has 0 spiro atoms. The Hall–Kier alpha value is -2.83. The number of aliphatic hydroxyl groups is 1. The number of benzene rings is 1. The summed E-state index contributed by atoms with van der Waals surface area (Å²) in [6.45, 7) is 3.55. The number of aryl methyl sites for hydroxylation is 1. The fourth-order valence-corrected chi connectivity index (χ4v) is 3.25. The van der Waals surface area contributed by atoms with Crippen LogP contribution in [0.5, 0.6) is 0 Å². The van der Waals surface area contributed by atoms with Crippen LogP contribution in [0.3, 0.4) is 0 Å². The summed E-state index contributed by atoms with van der Waals surface area (Å²) >= 11 is 0. The maximum atomic E-state index is 12.6. The number of ether oxygens (including phenoxy) is 1. The lowest BCUT2D eigenvalue weighted by atomic mass is 10.2. The van der Waals surface area contributed by atoms with Crippen LogP contribution in [0.2, 0.25) is 0 Å². The predicted octanol–water partition coefficient (Wildman–Crippen LogP) is 3.22. The highest BCUT2D eigenvalue weighted by molar-refractivity contribution is 7.89. The van der Waals surface area contributed by atoms with Gasteiger partial charge in [0.2, 0.25) is 15.4 Å². The lowest BCUT2D eigenvalue weighted by molar-refractivity contribution is 0.0964. The summed E-state index contributed by atoms with van der Waals surface area (Å²) in [7, 11) is -3.99. The molecule has 0 aliphatic heterocycles. The van der Waals surface area contributed by atoms with Crippen molar-refractivity contribution in [2.45, 2.75) is 24.8 Å². The molecular weight excluding hydrogens is 346 g/mol. The standard InChI is InChI=1S/C16H17N3O5S/c1-3-23-16(20)15(18-17)14(13-5-4-10-24-13)19-25(21,22)12-8-6-11(2)7-9-12/h4-10,14,19H,3H2,1-2H3/p+1/b16-15-. The molecule has 1 unspecified atom stereocenters. The van der Waals surface area contributed by atoms with Gasteiger partial charge in [-0.1, -0.05) is 17.7 Å². The minimum Gasteiger partial charge on any atom is -0.475 e. The van der Waals surface area contributed by atoms with Crippen LogP contribution in [0.4, 0.5) is 0 Å². The molecule has 0 bridgehead atoms. The summed E-state index contributed by atoms with van der Waals surface area (Å²) in [4.78, 5) is 2.99. The van der Waals surface area contributed by atoms with Crippen molar-refractivity contribution in [3.63, 3.8) is 0 Å². The molecule has 2 rings (SSSR count). The van der Waals surface area contributed by atoms with Gasteiger partial charge in [0.05, 0.1) is 17.8 Å². The second kappa shape index (κ2) is 7.83. The van der Waals surface area contributed by atoms with Crippen LogP contribution in [0.15, 0.2) is 63.6 Å². The molecule has 0 aliphatic rings. The van der Waals surface area contributed by atoms with Gasteiger partial charge in [-0.2, -0.15) is 4.72 Å². The van der Waals surface area contributed by atoms with Crippen molar-refractivity contribution in [2.24, 2.45) is 0 Å². The number of nitrogens with one attached hydrogen (secondary N) is 1. The molecule has 2 N–H and O–H groups in total. The number of furan rings is 1. The summed E-state index contributed by atoms with van der Waals surface area (Å²) < 4.78 is 37.7. The number of nitrogens with zero attached hydrogens (tertiary/aromatic N) is 2. The van der Waals surface area contributed by atoms with Gasteiger partial charge in [-0.25, -0.2) is 8.42 Å². The molecule has 132 valence electrons. The van der Waals surface area contributed by atoms with Gasteiger partial charge in [-0.15, -0.1) is 0 Å². The van der Waals surface area contributed by atoms with Gasteiger partial charge in [-0.05, 0) is 38.1 Å². The van der Waals surface area contributed by atoms with Crippen LogP contribution >= 0.6 is 0 Å². The topological polar surface area (TPSA) is 117 Å². The number of diazo groups is 1. The highest BCUT2D eigenvalue weighted by atomic mass is 32.2. The van der Waals surface area contributed by atoms with Gasteiger partial charge >= 0.3 is 11.6 Å². The monoisotopic (exact) mass is 364 g/mol. The molecule has 0 fully saturated rings. The highest BCUT2D eigenvalue weighted by Crippen LogP contribution is 2.28. The van der Waals surface area contributed by atoms with Gasteiger partial charge in [0, 0.05) is 0 Å². The maximum Gasteiger partial charge on any atom is 0.465 e. The van der Waals surface area contributed by atoms with E-state index in [1.807, 2.05) is 6.92 Å². The maximum absolute atomic E-state index is 12.6. The largest absolute Gasteiger partial charge is 0.475 e. The number of hydrogen-bond acceptors (Lipinski definition) is 6. The molecule has 0 saturated carbocycles. The Morgan fingerprint density at radius 2 is 2.04 bits per heavy atom. The van der Waals surface area contributed by atoms with E-state index in [0.29, 0.717) is 0 Å². The smallest absolute Gasteiger partial charge is 0.465 e. The molecule has 0 aliphatic carbocycles. The molecule has 1 atom stereocenters. The van der Waals surface area contributed by atoms with E-state index >= 15 is 0 Å². The molecule has 1 aromatic carbocycles. The average molecular weight is 364 g/mol. The van der Waals surface area contributed by atoms with E-state index in [1.165, 1.54) is 30.5 Å². The molecular formula is C16H18N3O5S+. The summed E-state index contributed by atoms with van der Waals surface area (Å²) in [6.07, 6.45) is 1.33. The molecule has 1 heterocycles. The van der Waals surface area contributed by atoms with E-state index in [9.17, 15) is 18.9 Å². The zero-order valence-electron chi connectivity index (χ0n) is 13.7. The third-order valence-corrected chi connectivity index (χ3v) is 4.75. The third-order valence-electron chi connectivity index (χ3n) is 3.31. The molecule has 9 heteroatoms. The molecule has 2 aromatic rings. The molecule has 8 nitrogen and oxygen atoms in total. The van der Waals surface area contributed by atoms with E-state index in [2.05, 4.69) is 9.70 Å². The first-order valence-electron chi connectivity index (χ1n) is 7.42. The van der Waals surface area contributed by atoms with Crippen molar-refractivity contribution < 1.29 is 22.7 Å². The Labute approximate surface area is 145 Å². The Balaban J connectivity index is 2.46. The molecule has 0 saturated heterocycles. The first-order chi connectivity index (χ1) is 11.9. The van der Waals surface area contributed by atoms with E-state index in [-0.39, 0.29) is 17.3 Å². The molecule has 0 radical (unpaired) electrons. The molecule has 0 amide bonds. The Kier molecular flexibility index (Phi) is 5.80. The molecule has 25 heavy (non-hydrogen) atoms. The van der Waals surface area contributed by atoms with Crippen LogP contribution in [-0.2, 0) is 14.8 Å². The number of rotatable bonds is 7. The summed E-state index contributed by atoms with van der Waals surface area (Å²) in [5.41, 5.74) is 0.481. The fraction of sp³-hybridized carbons (Fsp3) is 0.250. The number of sulfonamides is 1. The number of aliphatic hydroxyl groups excluding tert-OH is 1. The van der Waals surface area contributed by atoms with Gasteiger partial charge in [0.25, 0.3) is 0 Å². The zero-order chi connectivity index (χ0) is 18.4. The van der Waals surface area contributed by atoms with Gasteiger partial charge in [0.1, 0.15) is 5.76 Å². The molecule has 1 aromatic heterocycles. The van der Waals surface area contributed by atoms with Crippen molar-refractivity contribution in [3.8, 4) is 0 Å².